The number of sulfonamides is 1. The highest BCUT2D eigenvalue weighted by Crippen LogP contribution is 2.31. The Labute approximate surface area is 108 Å². The van der Waals surface area contributed by atoms with Crippen LogP contribution < -0.4 is 0 Å². The first-order chi connectivity index (χ1) is 8.13. The minimum Gasteiger partial charge on any atom is -0.381 e. The summed E-state index contributed by atoms with van der Waals surface area (Å²) in [4.78, 5) is 0. The van der Waals surface area contributed by atoms with Crippen molar-refractivity contribution in [3.63, 3.8) is 0 Å². The maximum atomic E-state index is 12.2. The van der Waals surface area contributed by atoms with Crippen molar-refractivity contribution in [1.29, 1.82) is 0 Å². The summed E-state index contributed by atoms with van der Waals surface area (Å²) in [6.45, 7) is 2.11. The Hall–Kier alpha value is 0.160. The zero-order valence-electron chi connectivity index (χ0n) is 9.98. The summed E-state index contributed by atoms with van der Waals surface area (Å²) >= 11 is 5.57. The summed E-state index contributed by atoms with van der Waals surface area (Å²) in [5.41, 5.74) is 0. The van der Waals surface area contributed by atoms with Gasteiger partial charge in [-0.3, -0.25) is 0 Å². The number of alkyl halides is 1. The highest BCUT2D eigenvalue weighted by atomic mass is 35.5. The molecule has 2 rings (SSSR count). The summed E-state index contributed by atoms with van der Waals surface area (Å²) in [5.74, 6) is 0.964. The van der Waals surface area contributed by atoms with Crippen molar-refractivity contribution in [1.82, 2.24) is 4.31 Å². The van der Waals surface area contributed by atoms with Crippen LogP contribution in [0, 0.1) is 5.92 Å². The molecule has 2 fully saturated rings. The lowest BCUT2D eigenvalue weighted by molar-refractivity contribution is 0.180. The van der Waals surface area contributed by atoms with Gasteiger partial charge in [-0.1, -0.05) is 0 Å². The lowest BCUT2D eigenvalue weighted by Gasteiger charge is -2.24. The van der Waals surface area contributed by atoms with Crippen LogP contribution in [0.25, 0.3) is 0 Å². The largest absolute Gasteiger partial charge is 0.381 e. The van der Waals surface area contributed by atoms with Crippen LogP contribution in [-0.4, -0.2) is 50.2 Å². The van der Waals surface area contributed by atoms with E-state index in [4.69, 9.17) is 16.3 Å². The fourth-order valence-electron chi connectivity index (χ4n) is 2.19. The molecule has 6 heteroatoms. The second kappa shape index (κ2) is 5.87. The summed E-state index contributed by atoms with van der Waals surface area (Å²) in [7, 11) is -3.12. The summed E-state index contributed by atoms with van der Waals surface area (Å²) in [5, 5.41) is 0. The molecule has 0 radical (unpaired) electrons. The molecule has 0 N–H and O–H groups in total. The Bertz CT molecular complexity index is 337. The molecule has 17 heavy (non-hydrogen) atoms. The number of ether oxygens (including phenoxy) is 1. The van der Waals surface area contributed by atoms with Crippen molar-refractivity contribution >= 4 is 21.6 Å². The van der Waals surface area contributed by atoms with Crippen molar-refractivity contribution in [2.75, 3.05) is 31.4 Å². The predicted molar refractivity (Wildman–Crippen MR) is 67.8 cm³/mol. The lowest BCUT2D eigenvalue weighted by atomic mass is 10.1. The third kappa shape index (κ3) is 3.81. The van der Waals surface area contributed by atoms with Crippen LogP contribution in [0.3, 0.4) is 0 Å². The number of halogens is 1. The minimum absolute atomic E-state index is 0.181. The highest BCUT2D eigenvalue weighted by molar-refractivity contribution is 7.89. The van der Waals surface area contributed by atoms with E-state index >= 15 is 0 Å². The Morgan fingerprint density at radius 2 is 2.06 bits per heavy atom. The van der Waals surface area contributed by atoms with Gasteiger partial charge in [-0.05, 0) is 31.6 Å². The van der Waals surface area contributed by atoms with Crippen molar-refractivity contribution in [2.45, 2.75) is 31.7 Å². The fraction of sp³-hybridized carbons (Fsp3) is 1.00. The Kier molecular flexibility index (Phi) is 4.69. The molecule has 0 aromatic heterocycles. The van der Waals surface area contributed by atoms with E-state index in [0.717, 1.165) is 25.9 Å². The number of hydrogen-bond acceptors (Lipinski definition) is 3. The van der Waals surface area contributed by atoms with Crippen LogP contribution in [0.5, 0.6) is 0 Å². The summed E-state index contributed by atoms with van der Waals surface area (Å²) in [6, 6.07) is 0.246. The quantitative estimate of drug-likeness (QED) is 0.664. The van der Waals surface area contributed by atoms with Gasteiger partial charge >= 0.3 is 0 Å². The molecule has 0 aromatic rings. The van der Waals surface area contributed by atoms with Crippen molar-refractivity contribution < 1.29 is 13.2 Å². The topological polar surface area (TPSA) is 46.6 Å². The van der Waals surface area contributed by atoms with E-state index in [-0.39, 0.29) is 11.8 Å². The predicted octanol–water partition coefficient (Wildman–Crippen LogP) is 1.45. The van der Waals surface area contributed by atoms with Gasteiger partial charge in [0.05, 0.1) is 12.4 Å². The normalized spacial score (nSPS) is 25.6. The van der Waals surface area contributed by atoms with E-state index in [1.807, 2.05) is 0 Å². The van der Waals surface area contributed by atoms with Gasteiger partial charge in [0, 0.05) is 25.1 Å². The van der Waals surface area contributed by atoms with Gasteiger partial charge < -0.3 is 4.74 Å². The molecule has 0 amide bonds. The SMILES string of the molecule is O=S(=O)(CCCCl)N(CC1CCOC1)C1CC1. The lowest BCUT2D eigenvalue weighted by Crippen LogP contribution is -2.39. The molecular formula is C11H20ClNO3S. The van der Waals surface area contributed by atoms with Crippen molar-refractivity contribution in [3.8, 4) is 0 Å². The van der Waals surface area contributed by atoms with E-state index in [2.05, 4.69) is 0 Å². The van der Waals surface area contributed by atoms with Gasteiger partial charge in [0.2, 0.25) is 10.0 Å². The van der Waals surface area contributed by atoms with Gasteiger partial charge in [-0.2, -0.15) is 4.31 Å². The Morgan fingerprint density at radius 3 is 2.59 bits per heavy atom. The molecule has 1 unspecified atom stereocenters. The highest BCUT2D eigenvalue weighted by Gasteiger charge is 2.38. The van der Waals surface area contributed by atoms with Crippen LogP contribution in [0.1, 0.15) is 25.7 Å². The first-order valence-corrected chi connectivity index (χ1v) is 8.41. The van der Waals surface area contributed by atoms with Crippen LogP contribution in [0.4, 0.5) is 0 Å². The van der Waals surface area contributed by atoms with Gasteiger partial charge in [0.25, 0.3) is 0 Å². The molecule has 1 aliphatic heterocycles. The monoisotopic (exact) mass is 281 g/mol. The third-order valence-corrected chi connectivity index (χ3v) is 5.54. The maximum absolute atomic E-state index is 12.2. The van der Waals surface area contributed by atoms with Crippen molar-refractivity contribution in [2.24, 2.45) is 5.92 Å². The molecule has 0 aromatic carbocycles. The average Bonchev–Trinajstić information content (AvgIpc) is 3.00. The standard InChI is InChI=1S/C11H20ClNO3S/c12-5-1-7-17(14,15)13(11-2-3-11)8-10-4-6-16-9-10/h10-11H,1-9H2. The zero-order valence-corrected chi connectivity index (χ0v) is 11.5. The van der Waals surface area contributed by atoms with E-state index in [1.54, 1.807) is 4.31 Å². The average molecular weight is 282 g/mol. The van der Waals surface area contributed by atoms with Gasteiger partial charge in [-0.15, -0.1) is 11.6 Å². The molecule has 1 heterocycles. The minimum atomic E-state index is -3.12. The number of hydrogen-bond donors (Lipinski definition) is 0. The molecule has 2 aliphatic rings. The molecule has 4 nitrogen and oxygen atoms in total. The molecule has 0 spiro atoms. The molecule has 1 aliphatic carbocycles. The molecule has 100 valence electrons. The van der Waals surface area contributed by atoms with E-state index in [0.29, 0.717) is 31.4 Å². The summed E-state index contributed by atoms with van der Waals surface area (Å²) < 4.78 is 31.4. The molecule has 1 saturated carbocycles. The smallest absolute Gasteiger partial charge is 0.214 e. The van der Waals surface area contributed by atoms with Gasteiger partial charge in [0.15, 0.2) is 0 Å². The fourth-order valence-corrected chi connectivity index (χ4v) is 4.33. The molecule has 1 atom stereocenters. The second-order valence-electron chi connectivity index (χ2n) is 4.89. The third-order valence-electron chi connectivity index (χ3n) is 3.31. The molecular weight excluding hydrogens is 262 g/mol. The van der Waals surface area contributed by atoms with Crippen LogP contribution in [0.15, 0.2) is 0 Å². The maximum Gasteiger partial charge on any atom is 0.214 e. The number of rotatable bonds is 7. The summed E-state index contributed by atoms with van der Waals surface area (Å²) in [6.07, 6.45) is 3.53. The van der Waals surface area contributed by atoms with Crippen LogP contribution in [0.2, 0.25) is 0 Å². The van der Waals surface area contributed by atoms with E-state index in [1.165, 1.54) is 0 Å². The number of nitrogens with zero attached hydrogens (tertiary/aromatic N) is 1. The molecule has 0 bridgehead atoms. The molecule has 1 saturated heterocycles. The van der Waals surface area contributed by atoms with E-state index in [9.17, 15) is 8.42 Å². The van der Waals surface area contributed by atoms with Crippen LogP contribution >= 0.6 is 11.6 Å². The Balaban J connectivity index is 1.95. The zero-order chi connectivity index (χ0) is 12.3. The second-order valence-corrected chi connectivity index (χ2v) is 7.31. The van der Waals surface area contributed by atoms with Crippen molar-refractivity contribution in [3.05, 3.63) is 0 Å². The van der Waals surface area contributed by atoms with Gasteiger partial charge in [0.1, 0.15) is 0 Å². The van der Waals surface area contributed by atoms with Crippen LogP contribution in [-0.2, 0) is 14.8 Å². The Morgan fingerprint density at radius 1 is 1.29 bits per heavy atom. The first-order valence-electron chi connectivity index (χ1n) is 6.26. The van der Waals surface area contributed by atoms with E-state index < -0.39 is 10.0 Å². The van der Waals surface area contributed by atoms with Gasteiger partial charge in [-0.25, -0.2) is 8.42 Å². The first kappa shape index (κ1) is 13.6.